The summed E-state index contributed by atoms with van der Waals surface area (Å²) in [5.41, 5.74) is 28.3. The third-order valence-electron chi connectivity index (χ3n) is 17.9. The zero-order valence-electron chi connectivity index (χ0n) is 45.5. The molecule has 0 radical (unpaired) electrons. The number of hydrogen-bond donors (Lipinski definition) is 0. The van der Waals surface area contributed by atoms with E-state index in [0.29, 0.717) is 0 Å². The van der Waals surface area contributed by atoms with Gasteiger partial charge in [-0.25, -0.2) is 0 Å². The summed E-state index contributed by atoms with van der Waals surface area (Å²) in [5.74, 6) is 0. The predicted molar refractivity (Wildman–Crippen MR) is 309 cm³/mol. The lowest BCUT2D eigenvalue weighted by molar-refractivity contribution is 0.520. The van der Waals surface area contributed by atoms with Crippen molar-refractivity contribution < 1.29 is 0 Å². The second-order valence-corrected chi connectivity index (χ2v) is 26.0. The fraction of sp³-hybridized carbons (Fsp3) is 0.304. The van der Waals surface area contributed by atoms with Crippen LogP contribution in [0.1, 0.15) is 158 Å². The number of anilines is 6. The van der Waals surface area contributed by atoms with Crippen LogP contribution in [0.2, 0.25) is 0 Å². The molecule has 2 nitrogen and oxygen atoms in total. The van der Waals surface area contributed by atoms with Gasteiger partial charge in [0.15, 0.2) is 0 Å². The molecule has 0 saturated heterocycles. The van der Waals surface area contributed by atoms with E-state index in [4.69, 9.17) is 0 Å². The number of aryl methyl sites for hydroxylation is 1. The van der Waals surface area contributed by atoms with Crippen LogP contribution in [0.3, 0.4) is 0 Å². The summed E-state index contributed by atoms with van der Waals surface area (Å²) in [7, 11) is 0. The van der Waals surface area contributed by atoms with Gasteiger partial charge in [-0.2, -0.15) is 0 Å². The number of nitrogens with zero attached hydrogens (tertiary/aromatic N) is 2. The minimum Gasteiger partial charge on any atom is -0.311 e. The maximum Gasteiger partial charge on any atom is 0.252 e. The summed E-state index contributed by atoms with van der Waals surface area (Å²) in [6, 6.07) is 61.9. The van der Waals surface area contributed by atoms with Gasteiger partial charge in [-0.3, -0.25) is 0 Å². The molecule has 8 aromatic carbocycles. The molecule has 0 amide bonds. The lowest BCUT2D eigenvalue weighted by Gasteiger charge is -2.49. The van der Waals surface area contributed by atoms with Gasteiger partial charge in [0.1, 0.15) is 0 Å². The van der Waals surface area contributed by atoms with E-state index >= 15 is 0 Å². The van der Waals surface area contributed by atoms with Crippen LogP contribution in [0, 0.1) is 6.92 Å². The molecule has 72 heavy (non-hydrogen) atoms. The third-order valence-corrected chi connectivity index (χ3v) is 17.9. The number of fused-ring (bicyclic) bond motifs is 8. The van der Waals surface area contributed by atoms with Gasteiger partial charge in [0.25, 0.3) is 6.71 Å². The van der Waals surface area contributed by atoms with Crippen molar-refractivity contribution in [1.82, 2.24) is 0 Å². The van der Waals surface area contributed by atoms with E-state index in [0.717, 1.165) is 0 Å². The molecule has 8 aromatic rings. The SMILES string of the molecule is Cc1cc2c3c(c1)N(c1ccc(C(C)(C)C)cc1-c1ccccc1)c1ccc(C(C)(C)C)cc1B3c1cc3c(cc1N2c1ccc2c(c1)C(C)(C)c1ccccc1C2(C)C)C(C)(C)c1ccccc1C3(C)C. The molecule has 0 bridgehead atoms. The van der Waals surface area contributed by atoms with Gasteiger partial charge in [-0.05, 0) is 149 Å². The van der Waals surface area contributed by atoms with Crippen molar-refractivity contribution >= 4 is 57.2 Å². The number of hydrogen-bond acceptors (Lipinski definition) is 2. The Bertz CT molecular complexity index is 3570. The molecule has 2 heterocycles. The maximum atomic E-state index is 2.68. The van der Waals surface area contributed by atoms with Crippen molar-refractivity contribution in [2.45, 2.75) is 136 Å². The largest absolute Gasteiger partial charge is 0.311 e. The smallest absolute Gasteiger partial charge is 0.252 e. The van der Waals surface area contributed by atoms with Crippen LogP contribution in [-0.2, 0) is 32.5 Å². The van der Waals surface area contributed by atoms with Crippen molar-refractivity contribution in [3.05, 3.63) is 219 Å². The monoisotopic (exact) mass is 939 g/mol. The van der Waals surface area contributed by atoms with Crippen LogP contribution in [0.5, 0.6) is 0 Å². The Morgan fingerprint density at radius 3 is 1.36 bits per heavy atom. The molecule has 0 saturated carbocycles. The van der Waals surface area contributed by atoms with Gasteiger partial charge in [0, 0.05) is 55.7 Å². The average molecular weight is 939 g/mol. The van der Waals surface area contributed by atoms with Crippen LogP contribution in [-0.4, -0.2) is 6.71 Å². The average Bonchev–Trinajstić information content (AvgIpc) is 3.34. The van der Waals surface area contributed by atoms with Crippen LogP contribution in [0.15, 0.2) is 158 Å². The van der Waals surface area contributed by atoms with Crippen LogP contribution >= 0.6 is 0 Å². The number of benzene rings is 8. The highest BCUT2D eigenvalue weighted by molar-refractivity contribution is 7.00. The van der Waals surface area contributed by atoms with Crippen LogP contribution < -0.4 is 26.2 Å². The fourth-order valence-corrected chi connectivity index (χ4v) is 13.7. The summed E-state index contributed by atoms with van der Waals surface area (Å²) in [4.78, 5) is 5.32. The second-order valence-electron chi connectivity index (χ2n) is 26.0. The van der Waals surface area contributed by atoms with Gasteiger partial charge >= 0.3 is 0 Å². The first-order valence-corrected chi connectivity index (χ1v) is 26.5. The molecule has 0 fully saturated rings. The van der Waals surface area contributed by atoms with E-state index in [-0.39, 0.29) is 39.2 Å². The Labute approximate surface area is 431 Å². The van der Waals surface area contributed by atoms with Gasteiger partial charge in [-0.15, -0.1) is 0 Å². The van der Waals surface area contributed by atoms with E-state index in [1.807, 2.05) is 0 Å². The minimum absolute atomic E-state index is 0.0225. The summed E-state index contributed by atoms with van der Waals surface area (Å²) in [6.07, 6.45) is 0. The molecular formula is C69H71BN2. The van der Waals surface area contributed by atoms with Gasteiger partial charge in [0.2, 0.25) is 0 Å². The molecule has 3 heteroatoms. The minimum atomic E-state index is -0.223. The van der Waals surface area contributed by atoms with Gasteiger partial charge < -0.3 is 9.80 Å². The van der Waals surface area contributed by atoms with E-state index in [2.05, 4.69) is 271 Å². The fourth-order valence-electron chi connectivity index (χ4n) is 13.7. The molecule has 12 rings (SSSR count). The van der Waals surface area contributed by atoms with Crippen molar-refractivity contribution in [2.75, 3.05) is 9.80 Å². The molecule has 360 valence electrons. The van der Waals surface area contributed by atoms with Crippen molar-refractivity contribution in [1.29, 1.82) is 0 Å². The Morgan fingerprint density at radius 2 is 0.806 bits per heavy atom. The highest BCUT2D eigenvalue weighted by Gasteiger charge is 2.49. The Hall–Kier alpha value is -6.58. The highest BCUT2D eigenvalue weighted by Crippen LogP contribution is 2.55. The summed E-state index contributed by atoms with van der Waals surface area (Å²) in [5, 5.41) is 0. The first-order chi connectivity index (χ1) is 33.9. The normalized spacial score (nSPS) is 17.2. The molecule has 0 spiro atoms. The summed E-state index contributed by atoms with van der Waals surface area (Å²) < 4.78 is 0. The quantitative estimate of drug-likeness (QED) is 0.163. The Morgan fingerprint density at radius 1 is 0.361 bits per heavy atom. The molecule has 0 aromatic heterocycles. The third kappa shape index (κ3) is 6.54. The molecule has 0 N–H and O–H groups in total. The van der Waals surface area contributed by atoms with Crippen LogP contribution in [0.25, 0.3) is 11.1 Å². The number of rotatable bonds is 3. The highest BCUT2D eigenvalue weighted by atomic mass is 15.2. The lowest BCUT2D eigenvalue weighted by atomic mass is 9.33. The van der Waals surface area contributed by atoms with Crippen molar-refractivity contribution in [2.24, 2.45) is 0 Å². The zero-order chi connectivity index (χ0) is 50.8. The second kappa shape index (κ2) is 15.2. The van der Waals surface area contributed by atoms with Crippen LogP contribution in [0.4, 0.5) is 34.1 Å². The van der Waals surface area contributed by atoms with Gasteiger partial charge in [0.05, 0.1) is 5.69 Å². The first kappa shape index (κ1) is 46.5. The molecule has 0 atom stereocenters. The van der Waals surface area contributed by atoms with E-state index in [9.17, 15) is 0 Å². The van der Waals surface area contributed by atoms with E-state index < -0.39 is 0 Å². The van der Waals surface area contributed by atoms with Crippen molar-refractivity contribution in [3.8, 4) is 11.1 Å². The Balaban J connectivity index is 1.21. The summed E-state index contributed by atoms with van der Waals surface area (Å²) in [6.45, 7) is 35.9. The molecular weight excluding hydrogens is 868 g/mol. The predicted octanol–water partition coefficient (Wildman–Crippen LogP) is 16.3. The molecule has 0 unspecified atom stereocenters. The van der Waals surface area contributed by atoms with Crippen molar-refractivity contribution in [3.63, 3.8) is 0 Å². The molecule has 2 aliphatic heterocycles. The molecule has 4 aliphatic rings. The summed E-state index contributed by atoms with van der Waals surface area (Å²) >= 11 is 0. The zero-order valence-corrected chi connectivity index (χ0v) is 45.5. The Kier molecular flexibility index (Phi) is 9.84. The van der Waals surface area contributed by atoms with E-state index in [1.54, 1.807) is 0 Å². The molecule has 2 aliphatic carbocycles. The maximum absolute atomic E-state index is 2.68. The first-order valence-electron chi connectivity index (χ1n) is 26.5. The topological polar surface area (TPSA) is 6.48 Å². The van der Waals surface area contributed by atoms with E-state index in [1.165, 1.54) is 123 Å². The van der Waals surface area contributed by atoms with Gasteiger partial charge in [-0.1, -0.05) is 206 Å². The lowest BCUT2D eigenvalue weighted by Crippen LogP contribution is -2.62. The standard InChI is InChI=1S/C69H71BN2/c1-42-35-61-63-62(36-42)72(58-33-29-44(64(2,3)4)37-47(58)43-23-17-16-18-24-43)59-34-30-45(65(5,6)7)38-56(59)70(63)57-40-54-55(69(14,15)51-28-22-21-27-50(51)68(54,12)13)41-60(57)71(61)46-31-32-52-53(39-46)67(10,11)49-26-20-19-25-48(49)66(52,8)9/h16-41H,1-15H3.